The lowest BCUT2D eigenvalue weighted by Crippen LogP contribution is -2.06. The molecule has 0 aliphatic rings. The number of ether oxygens (including phenoxy) is 1. The number of benzene rings is 1. The van der Waals surface area contributed by atoms with E-state index < -0.39 is 28.5 Å². The molecule has 0 atom stereocenters. The van der Waals surface area contributed by atoms with E-state index in [1.807, 2.05) is 0 Å². The fourth-order valence-corrected chi connectivity index (χ4v) is 1.16. The number of alkyl halides is 2. The van der Waals surface area contributed by atoms with E-state index in [1.54, 1.807) is 6.07 Å². The second-order valence-corrected chi connectivity index (χ2v) is 2.78. The monoisotopic (exact) mass is 242 g/mol. The number of rotatable bonds is 4. The zero-order valence-corrected chi connectivity index (χ0v) is 8.09. The average molecular weight is 242 g/mol. The normalized spacial score (nSPS) is 9.76. The van der Waals surface area contributed by atoms with Gasteiger partial charge in [0.2, 0.25) is 5.75 Å². The SMILES string of the molecule is N#Cc1cc(C=O)c([N+](=O)[O-])c(OC(F)F)c1. The summed E-state index contributed by atoms with van der Waals surface area (Å²) in [7, 11) is 0. The van der Waals surface area contributed by atoms with Crippen molar-refractivity contribution in [1.29, 1.82) is 5.26 Å². The lowest BCUT2D eigenvalue weighted by atomic mass is 10.1. The molecule has 0 amide bonds. The molecule has 0 saturated carbocycles. The summed E-state index contributed by atoms with van der Waals surface area (Å²) < 4.78 is 27.9. The minimum atomic E-state index is -3.29. The number of nitro benzene ring substituents is 1. The maximum Gasteiger partial charge on any atom is 0.387 e. The molecular weight excluding hydrogens is 238 g/mol. The molecule has 0 radical (unpaired) electrons. The van der Waals surface area contributed by atoms with Crippen LogP contribution in [0.5, 0.6) is 5.75 Å². The van der Waals surface area contributed by atoms with Crippen molar-refractivity contribution in [2.75, 3.05) is 0 Å². The number of nitrogens with zero attached hydrogens (tertiary/aromatic N) is 2. The Balaban J connectivity index is 3.47. The first-order chi connectivity index (χ1) is 7.99. The van der Waals surface area contributed by atoms with E-state index in [4.69, 9.17) is 5.26 Å². The van der Waals surface area contributed by atoms with Crippen LogP contribution in [0.15, 0.2) is 12.1 Å². The van der Waals surface area contributed by atoms with Crippen molar-refractivity contribution in [3.05, 3.63) is 33.4 Å². The van der Waals surface area contributed by atoms with E-state index in [0.29, 0.717) is 0 Å². The molecule has 1 rings (SSSR count). The molecule has 17 heavy (non-hydrogen) atoms. The Kier molecular flexibility index (Phi) is 3.66. The van der Waals surface area contributed by atoms with Crippen LogP contribution in [0.3, 0.4) is 0 Å². The molecule has 0 aromatic heterocycles. The summed E-state index contributed by atoms with van der Waals surface area (Å²) in [5.41, 5.74) is -1.57. The summed E-state index contributed by atoms with van der Waals surface area (Å²) in [5.74, 6) is -0.814. The molecule has 6 nitrogen and oxygen atoms in total. The van der Waals surface area contributed by atoms with Gasteiger partial charge in [0.05, 0.1) is 22.1 Å². The maximum absolute atomic E-state index is 12.0. The second-order valence-electron chi connectivity index (χ2n) is 2.78. The van der Waals surface area contributed by atoms with Crippen LogP contribution >= 0.6 is 0 Å². The van der Waals surface area contributed by atoms with Crippen LogP contribution in [0.4, 0.5) is 14.5 Å². The molecule has 0 N–H and O–H groups in total. The number of carbonyl (C=O) groups is 1. The van der Waals surface area contributed by atoms with E-state index >= 15 is 0 Å². The Morgan fingerprint density at radius 1 is 1.53 bits per heavy atom. The topological polar surface area (TPSA) is 93.2 Å². The Bertz CT molecular complexity index is 510. The van der Waals surface area contributed by atoms with Gasteiger partial charge in [0.1, 0.15) is 0 Å². The Morgan fingerprint density at radius 3 is 2.59 bits per heavy atom. The van der Waals surface area contributed by atoms with Gasteiger partial charge in [-0.3, -0.25) is 14.9 Å². The van der Waals surface area contributed by atoms with Gasteiger partial charge in [0.15, 0.2) is 6.29 Å². The molecule has 88 valence electrons. The number of hydrogen-bond donors (Lipinski definition) is 0. The molecular formula is C9H4F2N2O4. The summed E-state index contributed by atoms with van der Waals surface area (Å²) in [5, 5.41) is 19.2. The zero-order chi connectivity index (χ0) is 13.0. The third-order valence-electron chi connectivity index (χ3n) is 1.76. The van der Waals surface area contributed by atoms with Crippen LogP contribution in [-0.2, 0) is 0 Å². The van der Waals surface area contributed by atoms with Crippen LogP contribution in [0.25, 0.3) is 0 Å². The minimum Gasteiger partial charge on any atom is -0.427 e. The van der Waals surface area contributed by atoms with Gasteiger partial charge >= 0.3 is 12.3 Å². The van der Waals surface area contributed by atoms with Crippen molar-refractivity contribution in [1.82, 2.24) is 0 Å². The Hall–Kier alpha value is -2.56. The predicted octanol–water partition coefficient (Wildman–Crippen LogP) is 1.88. The van der Waals surface area contributed by atoms with E-state index in [2.05, 4.69) is 4.74 Å². The highest BCUT2D eigenvalue weighted by Crippen LogP contribution is 2.32. The fourth-order valence-electron chi connectivity index (χ4n) is 1.16. The van der Waals surface area contributed by atoms with Crippen molar-refractivity contribution in [2.45, 2.75) is 6.61 Å². The molecule has 0 bridgehead atoms. The molecule has 0 aliphatic heterocycles. The number of nitro groups is 1. The quantitative estimate of drug-likeness (QED) is 0.456. The number of aldehydes is 1. The molecule has 0 fully saturated rings. The summed E-state index contributed by atoms with van der Waals surface area (Å²) in [4.78, 5) is 20.2. The highest BCUT2D eigenvalue weighted by atomic mass is 19.3. The second kappa shape index (κ2) is 4.98. The third kappa shape index (κ3) is 2.72. The fraction of sp³-hybridized carbons (Fsp3) is 0.111. The first-order valence-corrected chi connectivity index (χ1v) is 4.12. The lowest BCUT2D eigenvalue weighted by molar-refractivity contribution is -0.386. The molecule has 0 saturated heterocycles. The lowest BCUT2D eigenvalue weighted by Gasteiger charge is -2.06. The van der Waals surface area contributed by atoms with Crippen molar-refractivity contribution in [3.8, 4) is 11.8 Å². The van der Waals surface area contributed by atoms with Crippen molar-refractivity contribution >= 4 is 12.0 Å². The molecule has 1 aromatic rings. The molecule has 0 spiro atoms. The Labute approximate surface area is 93.2 Å². The summed E-state index contributed by atoms with van der Waals surface area (Å²) in [6.45, 7) is -3.29. The maximum atomic E-state index is 12.0. The zero-order valence-electron chi connectivity index (χ0n) is 8.09. The number of carbonyl (C=O) groups excluding carboxylic acids is 1. The van der Waals surface area contributed by atoms with Crippen LogP contribution in [0, 0.1) is 21.4 Å². The van der Waals surface area contributed by atoms with Crippen LogP contribution in [0.2, 0.25) is 0 Å². The van der Waals surface area contributed by atoms with Crippen molar-refractivity contribution in [2.24, 2.45) is 0 Å². The highest BCUT2D eigenvalue weighted by Gasteiger charge is 2.24. The molecule has 0 heterocycles. The van der Waals surface area contributed by atoms with Crippen LogP contribution in [0.1, 0.15) is 15.9 Å². The number of nitriles is 1. The molecule has 1 aromatic carbocycles. The third-order valence-corrected chi connectivity index (χ3v) is 1.76. The van der Waals surface area contributed by atoms with Gasteiger partial charge in [-0.2, -0.15) is 14.0 Å². The van der Waals surface area contributed by atoms with Gasteiger partial charge in [0, 0.05) is 6.07 Å². The van der Waals surface area contributed by atoms with Crippen LogP contribution in [-0.4, -0.2) is 17.8 Å². The van der Waals surface area contributed by atoms with Gasteiger partial charge in [-0.15, -0.1) is 0 Å². The van der Waals surface area contributed by atoms with Crippen molar-refractivity contribution in [3.63, 3.8) is 0 Å². The Morgan fingerprint density at radius 2 is 2.18 bits per heavy atom. The van der Waals surface area contributed by atoms with E-state index in [0.717, 1.165) is 12.1 Å². The predicted molar refractivity (Wildman–Crippen MR) is 49.8 cm³/mol. The average Bonchev–Trinajstić information content (AvgIpc) is 2.26. The van der Waals surface area contributed by atoms with E-state index in [-0.39, 0.29) is 11.8 Å². The highest BCUT2D eigenvalue weighted by molar-refractivity contribution is 5.84. The number of hydrogen-bond acceptors (Lipinski definition) is 5. The summed E-state index contributed by atoms with van der Waals surface area (Å²) >= 11 is 0. The molecule has 0 aliphatic carbocycles. The summed E-state index contributed by atoms with van der Waals surface area (Å²) in [6, 6.07) is 3.27. The molecule has 0 unspecified atom stereocenters. The standard InChI is InChI=1S/C9H4F2N2O4/c10-9(11)17-7-2-5(3-12)1-6(4-14)8(7)13(15)16/h1-2,4,9H. The van der Waals surface area contributed by atoms with E-state index in [1.165, 1.54) is 0 Å². The van der Waals surface area contributed by atoms with Crippen LogP contribution < -0.4 is 4.74 Å². The summed E-state index contributed by atoms with van der Waals surface area (Å²) in [6.07, 6.45) is 0.0945. The molecule has 8 heteroatoms. The largest absolute Gasteiger partial charge is 0.427 e. The first-order valence-electron chi connectivity index (χ1n) is 4.12. The van der Waals surface area contributed by atoms with Gasteiger partial charge in [0.25, 0.3) is 0 Å². The minimum absolute atomic E-state index is 0.0945. The van der Waals surface area contributed by atoms with E-state index in [9.17, 15) is 23.7 Å². The number of halogens is 2. The van der Waals surface area contributed by atoms with Gasteiger partial charge in [-0.25, -0.2) is 0 Å². The smallest absolute Gasteiger partial charge is 0.387 e. The van der Waals surface area contributed by atoms with Gasteiger partial charge in [-0.1, -0.05) is 0 Å². The van der Waals surface area contributed by atoms with Crippen molar-refractivity contribution < 1.29 is 23.2 Å². The van der Waals surface area contributed by atoms with Gasteiger partial charge < -0.3 is 4.74 Å². The van der Waals surface area contributed by atoms with Gasteiger partial charge in [-0.05, 0) is 6.07 Å². The first kappa shape index (κ1) is 12.5.